The van der Waals surface area contributed by atoms with Crippen molar-refractivity contribution in [1.29, 1.82) is 0 Å². The fourth-order valence-corrected chi connectivity index (χ4v) is 3.58. The zero-order valence-electron chi connectivity index (χ0n) is 16.4. The van der Waals surface area contributed by atoms with Gasteiger partial charge in [0.2, 0.25) is 0 Å². The molecule has 0 fully saturated rings. The second-order valence-electron chi connectivity index (χ2n) is 8.28. The number of aromatic nitrogens is 2. The molecule has 0 radical (unpaired) electrons. The first-order valence-corrected chi connectivity index (χ1v) is 9.23. The first-order chi connectivity index (χ1) is 12.6. The zero-order chi connectivity index (χ0) is 19.9. The molecule has 148 valence electrons. The highest BCUT2D eigenvalue weighted by molar-refractivity contribution is 5.94. The average molecular weight is 376 g/mol. The van der Waals surface area contributed by atoms with Crippen LogP contribution in [0.2, 0.25) is 0 Å². The molecule has 8 nitrogen and oxygen atoms in total. The molecule has 3 heterocycles. The number of amides is 2. The molecule has 0 bridgehead atoms. The maximum Gasteiger partial charge on any atom is 0.410 e. The first kappa shape index (κ1) is 19.4. The number of aliphatic hydroxyl groups excluding tert-OH is 1. The lowest BCUT2D eigenvalue weighted by Crippen LogP contribution is -2.40. The monoisotopic (exact) mass is 376 g/mol. The summed E-state index contributed by atoms with van der Waals surface area (Å²) in [6, 6.07) is 0. The standard InChI is InChI=1S/C19H28N4O4/c1-6-15(24)12-9-21(5)17(25)16-13-11-22(18(26)27-19(2,3)4)8-7-14(13)20-23(16)10-12/h6,12,15,24H,1,7-11H2,2-5H3/t12-,15-/m1/s1. The van der Waals surface area contributed by atoms with Crippen molar-refractivity contribution in [3.63, 3.8) is 0 Å². The third-order valence-electron chi connectivity index (χ3n) is 4.94. The number of hydrogen-bond acceptors (Lipinski definition) is 5. The summed E-state index contributed by atoms with van der Waals surface area (Å²) >= 11 is 0. The minimum Gasteiger partial charge on any atom is -0.444 e. The summed E-state index contributed by atoms with van der Waals surface area (Å²) in [5, 5.41) is 14.8. The van der Waals surface area contributed by atoms with Crippen LogP contribution in [0.3, 0.4) is 0 Å². The Labute approximate surface area is 159 Å². The molecular weight excluding hydrogens is 348 g/mol. The van der Waals surface area contributed by atoms with E-state index < -0.39 is 11.7 Å². The Bertz CT molecular complexity index is 764. The summed E-state index contributed by atoms with van der Waals surface area (Å²) in [4.78, 5) is 28.6. The van der Waals surface area contributed by atoms with E-state index in [9.17, 15) is 14.7 Å². The van der Waals surface area contributed by atoms with E-state index in [2.05, 4.69) is 11.7 Å². The van der Waals surface area contributed by atoms with Gasteiger partial charge >= 0.3 is 6.09 Å². The van der Waals surface area contributed by atoms with Crippen LogP contribution in [0.25, 0.3) is 0 Å². The molecule has 3 rings (SSSR count). The Morgan fingerprint density at radius 3 is 2.74 bits per heavy atom. The van der Waals surface area contributed by atoms with Crippen molar-refractivity contribution >= 4 is 12.0 Å². The van der Waals surface area contributed by atoms with Crippen LogP contribution < -0.4 is 0 Å². The normalized spacial score (nSPS) is 21.2. The Hall–Kier alpha value is -2.35. The highest BCUT2D eigenvalue weighted by atomic mass is 16.6. The van der Waals surface area contributed by atoms with Crippen LogP contribution in [0, 0.1) is 5.92 Å². The Kier molecular flexibility index (Phi) is 5.03. The SMILES string of the molecule is C=C[C@@H](O)[C@@H]1CN(C)C(=O)c2c3c(nn2C1)CCN(C(=O)OC(C)(C)C)C3. The minimum absolute atomic E-state index is 0.145. The minimum atomic E-state index is -0.717. The molecule has 1 N–H and O–H groups in total. The van der Waals surface area contributed by atoms with E-state index in [4.69, 9.17) is 4.74 Å². The molecule has 27 heavy (non-hydrogen) atoms. The summed E-state index contributed by atoms with van der Waals surface area (Å²) in [6.45, 7) is 10.8. The number of fused-ring (bicyclic) bond motifs is 3. The van der Waals surface area contributed by atoms with E-state index >= 15 is 0 Å². The molecule has 2 aliphatic rings. The molecule has 8 heteroatoms. The number of nitrogens with zero attached hydrogens (tertiary/aromatic N) is 4. The molecule has 0 aliphatic carbocycles. The largest absolute Gasteiger partial charge is 0.444 e. The molecule has 0 spiro atoms. The summed E-state index contributed by atoms with van der Waals surface area (Å²) in [5.74, 6) is -0.324. The van der Waals surface area contributed by atoms with Gasteiger partial charge in [0.1, 0.15) is 11.3 Å². The zero-order valence-corrected chi connectivity index (χ0v) is 16.4. The quantitative estimate of drug-likeness (QED) is 0.789. The van der Waals surface area contributed by atoms with E-state index in [1.807, 2.05) is 20.8 Å². The van der Waals surface area contributed by atoms with Crippen molar-refractivity contribution < 1.29 is 19.4 Å². The van der Waals surface area contributed by atoms with Crippen molar-refractivity contribution in [1.82, 2.24) is 19.6 Å². The lowest BCUT2D eigenvalue weighted by atomic mass is 10.0. The predicted molar refractivity (Wildman–Crippen MR) is 99.2 cm³/mol. The first-order valence-electron chi connectivity index (χ1n) is 9.23. The highest BCUT2D eigenvalue weighted by Crippen LogP contribution is 2.28. The summed E-state index contributed by atoms with van der Waals surface area (Å²) in [6.07, 6.45) is 0.954. The molecule has 1 aromatic rings. The van der Waals surface area contributed by atoms with Gasteiger partial charge in [0.05, 0.1) is 18.3 Å². The Morgan fingerprint density at radius 1 is 1.41 bits per heavy atom. The number of carbonyl (C=O) groups excluding carboxylic acids is 2. The van der Waals surface area contributed by atoms with Crippen molar-refractivity contribution in [3.8, 4) is 0 Å². The van der Waals surface area contributed by atoms with Gasteiger partial charge in [-0.2, -0.15) is 5.10 Å². The van der Waals surface area contributed by atoms with Gasteiger partial charge in [0.25, 0.3) is 5.91 Å². The van der Waals surface area contributed by atoms with Crippen LogP contribution in [0.1, 0.15) is 42.5 Å². The molecule has 0 unspecified atom stereocenters. The second-order valence-corrected chi connectivity index (χ2v) is 8.28. The molecule has 1 aromatic heterocycles. The number of carbonyl (C=O) groups is 2. The topological polar surface area (TPSA) is 87.9 Å². The molecule has 2 amide bonds. The van der Waals surface area contributed by atoms with E-state index in [1.54, 1.807) is 21.5 Å². The van der Waals surface area contributed by atoms with E-state index in [0.717, 1.165) is 11.3 Å². The smallest absolute Gasteiger partial charge is 0.410 e. The summed E-state index contributed by atoms with van der Waals surface area (Å²) < 4.78 is 7.16. The van der Waals surface area contributed by atoms with Crippen LogP contribution in [0.15, 0.2) is 12.7 Å². The third kappa shape index (κ3) is 3.85. The van der Waals surface area contributed by atoms with Gasteiger partial charge in [-0.15, -0.1) is 6.58 Å². The molecule has 0 aromatic carbocycles. The average Bonchev–Trinajstić information content (AvgIpc) is 2.89. The molecule has 2 atom stereocenters. The van der Waals surface area contributed by atoms with E-state index in [1.165, 1.54) is 6.08 Å². The van der Waals surface area contributed by atoms with Crippen LogP contribution >= 0.6 is 0 Å². The molecule has 0 saturated carbocycles. The summed E-state index contributed by atoms with van der Waals surface area (Å²) in [5.41, 5.74) is 1.54. The third-order valence-corrected chi connectivity index (χ3v) is 4.94. The molecular formula is C19H28N4O4. The van der Waals surface area contributed by atoms with Crippen molar-refractivity contribution in [2.75, 3.05) is 20.1 Å². The van der Waals surface area contributed by atoms with Gasteiger partial charge in [-0.3, -0.25) is 9.48 Å². The van der Waals surface area contributed by atoms with Gasteiger partial charge in [-0.1, -0.05) is 6.08 Å². The lowest BCUT2D eigenvalue weighted by molar-refractivity contribution is 0.0222. The van der Waals surface area contributed by atoms with Crippen molar-refractivity contribution in [2.45, 2.75) is 52.0 Å². The van der Waals surface area contributed by atoms with Crippen LogP contribution in [0.4, 0.5) is 4.79 Å². The number of hydrogen-bond donors (Lipinski definition) is 1. The Morgan fingerprint density at radius 2 is 2.11 bits per heavy atom. The fourth-order valence-electron chi connectivity index (χ4n) is 3.58. The second kappa shape index (κ2) is 6.99. The van der Waals surface area contributed by atoms with E-state index in [-0.39, 0.29) is 17.9 Å². The summed E-state index contributed by atoms with van der Waals surface area (Å²) in [7, 11) is 1.72. The van der Waals surface area contributed by atoms with Gasteiger partial charge in [-0.25, -0.2) is 4.79 Å². The van der Waals surface area contributed by atoms with Gasteiger partial charge < -0.3 is 19.6 Å². The van der Waals surface area contributed by atoms with Crippen LogP contribution in [-0.2, 0) is 24.2 Å². The lowest BCUT2D eigenvalue weighted by Gasteiger charge is -2.30. The van der Waals surface area contributed by atoms with Crippen LogP contribution in [-0.4, -0.2) is 68.5 Å². The Balaban J connectivity index is 1.91. The molecule has 2 aliphatic heterocycles. The maximum absolute atomic E-state index is 13.0. The van der Waals surface area contributed by atoms with Gasteiger partial charge in [0.15, 0.2) is 0 Å². The fraction of sp³-hybridized carbons (Fsp3) is 0.632. The van der Waals surface area contributed by atoms with Gasteiger partial charge in [-0.05, 0) is 20.8 Å². The highest BCUT2D eigenvalue weighted by Gasteiger charge is 2.36. The van der Waals surface area contributed by atoms with Crippen molar-refractivity contribution in [3.05, 3.63) is 29.6 Å². The number of rotatable bonds is 2. The number of ether oxygens (including phenoxy) is 1. The molecule has 0 saturated heterocycles. The predicted octanol–water partition coefficient (Wildman–Crippen LogP) is 1.42. The van der Waals surface area contributed by atoms with Crippen LogP contribution in [0.5, 0.6) is 0 Å². The van der Waals surface area contributed by atoms with E-state index in [0.29, 0.717) is 38.3 Å². The van der Waals surface area contributed by atoms with Gasteiger partial charge in [0, 0.05) is 44.6 Å². The maximum atomic E-state index is 13.0. The number of aliphatic hydroxyl groups is 1. The van der Waals surface area contributed by atoms with Crippen molar-refractivity contribution in [2.24, 2.45) is 5.92 Å².